The van der Waals surface area contributed by atoms with E-state index in [9.17, 15) is 5.21 Å². The van der Waals surface area contributed by atoms with Crippen LogP contribution in [0, 0.1) is 5.21 Å². The van der Waals surface area contributed by atoms with E-state index >= 15 is 0 Å². The van der Waals surface area contributed by atoms with Gasteiger partial charge in [-0.2, -0.15) is 4.73 Å². The van der Waals surface area contributed by atoms with Crippen molar-refractivity contribution in [3.05, 3.63) is 41.4 Å². The minimum atomic E-state index is 0.653. The summed E-state index contributed by atoms with van der Waals surface area (Å²) in [5.41, 5.74) is 2.33. The summed E-state index contributed by atoms with van der Waals surface area (Å²) in [6.07, 6.45) is 3.36. The van der Waals surface area contributed by atoms with Crippen molar-refractivity contribution < 1.29 is 9.25 Å². The third kappa shape index (κ3) is 1.45. The summed E-state index contributed by atoms with van der Waals surface area (Å²) in [7, 11) is 0. The Morgan fingerprint density at radius 1 is 1.35 bits per heavy atom. The fourth-order valence-electron chi connectivity index (χ4n) is 2.18. The fourth-order valence-corrected chi connectivity index (χ4v) is 2.18. The van der Waals surface area contributed by atoms with Crippen LogP contribution in [-0.2, 0) is 6.42 Å². The lowest BCUT2D eigenvalue weighted by Gasteiger charge is -2.01. The second kappa shape index (κ2) is 3.73. The van der Waals surface area contributed by atoms with Crippen LogP contribution in [0.2, 0.25) is 0 Å². The van der Waals surface area contributed by atoms with E-state index in [1.54, 1.807) is 18.2 Å². The maximum Gasteiger partial charge on any atom is 0.224 e. The maximum absolute atomic E-state index is 11.7. The molecule has 86 valence electrons. The van der Waals surface area contributed by atoms with Crippen LogP contribution in [-0.4, -0.2) is 5.16 Å². The van der Waals surface area contributed by atoms with E-state index in [1.807, 2.05) is 6.07 Å². The minimum Gasteiger partial charge on any atom is -0.618 e. The molecule has 0 fully saturated rings. The van der Waals surface area contributed by atoms with Gasteiger partial charge in [-0.15, -0.1) is 0 Å². The highest BCUT2D eigenvalue weighted by atomic mass is 16.5. The summed E-state index contributed by atoms with van der Waals surface area (Å²) in [6.45, 7) is 2.10. The lowest BCUT2D eigenvalue weighted by atomic mass is 10.1. The molecular formula is C13H12N2O2. The van der Waals surface area contributed by atoms with Gasteiger partial charge in [0.1, 0.15) is 0 Å². The molecule has 0 unspecified atom stereocenters. The molecule has 3 aromatic rings. The van der Waals surface area contributed by atoms with Gasteiger partial charge in [0.25, 0.3) is 0 Å². The average Bonchev–Trinajstić information content (AvgIpc) is 2.74. The van der Waals surface area contributed by atoms with Crippen molar-refractivity contribution in [2.75, 3.05) is 0 Å². The summed E-state index contributed by atoms with van der Waals surface area (Å²) in [5, 5.41) is 17.6. The summed E-state index contributed by atoms with van der Waals surface area (Å²) >= 11 is 0. The Morgan fingerprint density at radius 2 is 2.24 bits per heavy atom. The first-order valence-electron chi connectivity index (χ1n) is 5.70. The van der Waals surface area contributed by atoms with Crippen molar-refractivity contribution in [2.24, 2.45) is 0 Å². The van der Waals surface area contributed by atoms with Crippen LogP contribution in [0.5, 0.6) is 0 Å². The molecular weight excluding hydrogens is 216 g/mol. The molecule has 0 atom stereocenters. The summed E-state index contributed by atoms with van der Waals surface area (Å²) in [4.78, 5) is 0. The van der Waals surface area contributed by atoms with E-state index in [0.29, 0.717) is 5.52 Å². The largest absolute Gasteiger partial charge is 0.618 e. The zero-order chi connectivity index (χ0) is 11.8. The highest BCUT2D eigenvalue weighted by Gasteiger charge is 2.14. The Hall–Kier alpha value is -2.10. The molecule has 3 rings (SSSR count). The van der Waals surface area contributed by atoms with Gasteiger partial charge in [-0.3, -0.25) is 0 Å². The van der Waals surface area contributed by atoms with Gasteiger partial charge in [0.05, 0.1) is 16.5 Å². The molecule has 0 saturated heterocycles. The van der Waals surface area contributed by atoms with Gasteiger partial charge in [0.2, 0.25) is 5.52 Å². The first kappa shape index (κ1) is 10.1. The standard InChI is InChI=1S/C13H12N2O2/c1-2-4-10-13-9-5-3-8-15(16)11(9)6-7-12(13)17-14-10/h3,5-8H,2,4H2,1H3. The Kier molecular flexibility index (Phi) is 2.21. The number of rotatable bonds is 2. The zero-order valence-electron chi connectivity index (χ0n) is 9.51. The van der Waals surface area contributed by atoms with Crippen molar-refractivity contribution >= 4 is 21.9 Å². The van der Waals surface area contributed by atoms with Gasteiger partial charge in [-0.25, -0.2) is 0 Å². The topological polar surface area (TPSA) is 53.0 Å². The molecule has 0 bridgehead atoms. The molecule has 0 spiro atoms. The number of hydrogen-bond acceptors (Lipinski definition) is 3. The molecule has 0 aliphatic rings. The van der Waals surface area contributed by atoms with Gasteiger partial charge in [0, 0.05) is 12.1 Å². The third-order valence-electron chi connectivity index (χ3n) is 2.94. The van der Waals surface area contributed by atoms with Crippen LogP contribution >= 0.6 is 0 Å². The normalized spacial score (nSPS) is 11.4. The Balaban J connectivity index is 2.44. The van der Waals surface area contributed by atoms with Crippen molar-refractivity contribution in [3.63, 3.8) is 0 Å². The molecule has 0 amide bonds. The molecule has 0 saturated carbocycles. The van der Waals surface area contributed by atoms with Crippen LogP contribution in [0.3, 0.4) is 0 Å². The highest BCUT2D eigenvalue weighted by molar-refractivity contribution is 6.04. The number of hydrogen-bond donors (Lipinski definition) is 0. The predicted molar refractivity (Wildman–Crippen MR) is 64.5 cm³/mol. The molecule has 2 aromatic heterocycles. The zero-order valence-corrected chi connectivity index (χ0v) is 9.51. The van der Waals surface area contributed by atoms with Gasteiger partial charge < -0.3 is 9.73 Å². The maximum atomic E-state index is 11.7. The first-order valence-corrected chi connectivity index (χ1v) is 5.70. The van der Waals surface area contributed by atoms with E-state index in [0.717, 1.165) is 39.6 Å². The van der Waals surface area contributed by atoms with Crippen LogP contribution in [0.4, 0.5) is 0 Å². The van der Waals surface area contributed by atoms with Gasteiger partial charge in [-0.05, 0) is 18.6 Å². The van der Waals surface area contributed by atoms with Gasteiger partial charge in [0.15, 0.2) is 11.8 Å². The first-order chi connectivity index (χ1) is 8.31. The quantitative estimate of drug-likeness (QED) is 0.500. The SMILES string of the molecule is CCCc1noc2ccc3c(ccc[n+]3[O-])c12. The molecule has 1 aromatic carbocycles. The van der Waals surface area contributed by atoms with Gasteiger partial charge >= 0.3 is 0 Å². The number of nitrogens with zero attached hydrogens (tertiary/aromatic N) is 2. The average molecular weight is 228 g/mol. The molecule has 0 aliphatic heterocycles. The second-order valence-electron chi connectivity index (χ2n) is 4.08. The summed E-state index contributed by atoms with van der Waals surface area (Å²) in [6, 6.07) is 7.25. The van der Waals surface area contributed by atoms with Crippen LogP contribution in [0.25, 0.3) is 21.9 Å². The molecule has 4 heteroatoms. The van der Waals surface area contributed by atoms with E-state index < -0.39 is 0 Å². The van der Waals surface area contributed by atoms with E-state index in [4.69, 9.17) is 4.52 Å². The number of aromatic nitrogens is 2. The summed E-state index contributed by atoms with van der Waals surface area (Å²) in [5.74, 6) is 0. The number of pyridine rings is 1. The number of aryl methyl sites for hydroxylation is 1. The minimum absolute atomic E-state index is 0.653. The molecule has 0 radical (unpaired) electrons. The monoisotopic (exact) mass is 228 g/mol. The van der Waals surface area contributed by atoms with E-state index in [1.165, 1.54) is 6.20 Å². The Morgan fingerprint density at radius 3 is 3.06 bits per heavy atom. The second-order valence-corrected chi connectivity index (χ2v) is 4.08. The highest BCUT2D eigenvalue weighted by Crippen LogP contribution is 2.27. The molecule has 0 aliphatic carbocycles. The Bertz CT molecular complexity index is 688. The van der Waals surface area contributed by atoms with Crippen molar-refractivity contribution in [2.45, 2.75) is 19.8 Å². The predicted octanol–water partition coefficient (Wildman–Crippen LogP) is 2.57. The van der Waals surface area contributed by atoms with Gasteiger partial charge in [-0.1, -0.05) is 18.5 Å². The van der Waals surface area contributed by atoms with Crippen LogP contribution in [0.1, 0.15) is 19.0 Å². The molecule has 17 heavy (non-hydrogen) atoms. The summed E-state index contributed by atoms with van der Waals surface area (Å²) < 4.78 is 6.16. The van der Waals surface area contributed by atoms with E-state index in [-0.39, 0.29) is 0 Å². The molecule has 2 heterocycles. The van der Waals surface area contributed by atoms with Crippen molar-refractivity contribution in [1.82, 2.24) is 5.16 Å². The third-order valence-corrected chi connectivity index (χ3v) is 2.94. The smallest absolute Gasteiger partial charge is 0.224 e. The lowest BCUT2D eigenvalue weighted by Crippen LogP contribution is -2.25. The molecule has 0 N–H and O–H groups in total. The van der Waals surface area contributed by atoms with Crippen LogP contribution in [0.15, 0.2) is 35.0 Å². The molecule has 4 nitrogen and oxygen atoms in total. The fraction of sp³-hybridized carbons (Fsp3) is 0.231. The van der Waals surface area contributed by atoms with E-state index in [2.05, 4.69) is 12.1 Å². The van der Waals surface area contributed by atoms with Crippen molar-refractivity contribution in [1.29, 1.82) is 0 Å². The number of benzene rings is 1. The van der Waals surface area contributed by atoms with Crippen LogP contribution < -0.4 is 4.73 Å². The number of fused-ring (bicyclic) bond motifs is 3. The Labute approximate surface area is 98.0 Å². The lowest BCUT2D eigenvalue weighted by molar-refractivity contribution is -0.576. The van der Waals surface area contributed by atoms with Crippen molar-refractivity contribution in [3.8, 4) is 0 Å².